The molecular formula is C15H21N3O3. The van der Waals surface area contributed by atoms with Crippen LogP contribution in [-0.4, -0.2) is 57.4 Å². The van der Waals surface area contributed by atoms with Crippen molar-refractivity contribution in [1.82, 2.24) is 14.8 Å². The molecule has 0 unspecified atom stereocenters. The molecular weight excluding hydrogens is 270 g/mol. The van der Waals surface area contributed by atoms with Gasteiger partial charge < -0.3 is 14.9 Å². The van der Waals surface area contributed by atoms with E-state index in [1.54, 1.807) is 11.8 Å². The lowest BCUT2D eigenvalue weighted by molar-refractivity contribution is -0.140. The average molecular weight is 291 g/mol. The Labute approximate surface area is 124 Å². The van der Waals surface area contributed by atoms with E-state index < -0.39 is 6.04 Å². The summed E-state index contributed by atoms with van der Waals surface area (Å²) in [6, 6.07) is 2.40. The number of hydrogen-bond acceptors (Lipinski definition) is 4. The maximum atomic E-state index is 12.4. The van der Waals surface area contributed by atoms with Crippen LogP contribution in [0, 0.1) is 5.92 Å². The molecule has 114 valence electrons. The van der Waals surface area contributed by atoms with Crippen LogP contribution in [0.3, 0.4) is 0 Å². The Morgan fingerprint density at radius 1 is 1.43 bits per heavy atom. The Kier molecular flexibility index (Phi) is 4.45. The molecule has 1 aromatic rings. The van der Waals surface area contributed by atoms with Crippen LogP contribution in [0.25, 0.3) is 0 Å². The van der Waals surface area contributed by atoms with Crippen LogP contribution in [0.5, 0.6) is 5.75 Å². The number of aromatic hydroxyl groups is 1. The maximum absolute atomic E-state index is 12.4. The smallest absolute Gasteiger partial charge is 0.273 e. The summed E-state index contributed by atoms with van der Waals surface area (Å²) in [4.78, 5) is 32.0. The van der Waals surface area contributed by atoms with Gasteiger partial charge in [0.1, 0.15) is 17.5 Å². The molecule has 2 heterocycles. The van der Waals surface area contributed by atoms with Crippen LogP contribution >= 0.6 is 0 Å². The van der Waals surface area contributed by atoms with Gasteiger partial charge in [0, 0.05) is 19.6 Å². The molecule has 1 atom stereocenters. The van der Waals surface area contributed by atoms with E-state index in [0.717, 1.165) is 0 Å². The molecule has 1 fully saturated rings. The summed E-state index contributed by atoms with van der Waals surface area (Å²) in [5.41, 5.74) is 0.241. The van der Waals surface area contributed by atoms with Crippen molar-refractivity contribution in [2.75, 3.05) is 19.6 Å². The van der Waals surface area contributed by atoms with Gasteiger partial charge in [-0.1, -0.05) is 13.8 Å². The molecule has 1 aromatic heterocycles. The molecule has 0 aliphatic carbocycles. The van der Waals surface area contributed by atoms with E-state index in [-0.39, 0.29) is 23.3 Å². The molecule has 1 aliphatic rings. The fourth-order valence-electron chi connectivity index (χ4n) is 2.49. The third-order valence-electron chi connectivity index (χ3n) is 3.56. The van der Waals surface area contributed by atoms with E-state index in [1.807, 2.05) is 4.90 Å². The lowest BCUT2D eigenvalue weighted by Gasteiger charge is -2.39. The zero-order valence-corrected chi connectivity index (χ0v) is 12.6. The zero-order chi connectivity index (χ0) is 15.6. The van der Waals surface area contributed by atoms with Crippen molar-refractivity contribution in [1.29, 1.82) is 0 Å². The predicted octanol–water partition coefficient (Wildman–Crippen LogP) is 1.12. The number of nitrogens with zero attached hydrogens (tertiary/aromatic N) is 3. The average Bonchev–Trinajstić information content (AvgIpc) is 2.44. The molecule has 0 bridgehead atoms. The molecule has 0 saturated carbocycles. The molecule has 2 amide bonds. The minimum Gasteiger partial charge on any atom is -0.506 e. The first-order chi connectivity index (χ1) is 9.90. The van der Waals surface area contributed by atoms with E-state index in [1.165, 1.54) is 18.3 Å². The summed E-state index contributed by atoms with van der Waals surface area (Å²) in [7, 11) is 0. The van der Waals surface area contributed by atoms with Crippen molar-refractivity contribution in [3.05, 3.63) is 24.0 Å². The van der Waals surface area contributed by atoms with Gasteiger partial charge in [-0.3, -0.25) is 9.59 Å². The van der Waals surface area contributed by atoms with Gasteiger partial charge in [0.2, 0.25) is 5.91 Å². The predicted molar refractivity (Wildman–Crippen MR) is 77.8 cm³/mol. The molecule has 2 rings (SSSR count). The summed E-state index contributed by atoms with van der Waals surface area (Å²) in [6.45, 7) is 7.63. The number of carbonyl (C=O) groups excluding carboxylic acids is 2. The summed E-state index contributed by atoms with van der Waals surface area (Å²) in [6.07, 6.45) is 1.23. The highest BCUT2D eigenvalue weighted by atomic mass is 16.3. The Hall–Kier alpha value is -2.11. The van der Waals surface area contributed by atoms with Crippen LogP contribution in [0.15, 0.2) is 18.3 Å². The standard InChI is InChI=1S/C15H21N3O3/c1-10(2)9-17-6-7-18(11(3)14(17)20)15(21)13-5-4-12(19)8-16-13/h4-5,8,10-11,19H,6-7,9H2,1-3H3/t11-/m1/s1. The highest BCUT2D eigenvalue weighted by Gasteiger charge is 2.35. The summed E-state index contributed by atoms with van der Waals surface area (Å²) in [5.74, 6) is 0.113. The second-order valence-corrected chi connectivity index (χ2v) is 5.75. The fourth-order valence-corrected chi connectivity index (χ4v) is 2.49. The molecule has 1 aliphatic heterocycles. The van der Waals surface area contributed by atoms with E-state index in [4.69, 9.17) is 0 Å². The zero-order valence-electron chi connectivity index (χ0n) is 12.6. The minimum atomic E-state index is -0.486. The highest BCUT2D eigenvalue weighted by molar-refractivity contribution is 5.96. The van der Waals surface area contributed by atoms with Crippen molar-refractivity contribution < 1.29 is 14.7 Å². The first-order valence-electron chi connectivity index (χ1n) is 7.15. The summed E-state index contributed by atoms with van der Waals surface area (Å²) < 4.78 is 0. The number of aromatic nitrogens is 1. The van der Waals surface area contributed by atoms with E-state index in [0.29, 0.717) is 25.6 Å². The monoisotopic (exact) mass is 291 g/mol. The fraction of sp³-hybridized carbons (Fsp3) is 0.533. The van der Waals surface area contributed by atoms with Crippen molar-refractivity contribution in [3.8, 4) is 5.75 Å². The van der Waals surface area contributed by atoms with Gasteiger partial charge in [-0.2, -0.15) is 0 Å². The second-order valence-electron chi connectivity index (χ2n) is 5.75. The Morgan fingerprint density at radius 2 is 2.14 bits per heavy atom. The number of rotatable bonds is 3. The molecule has 1 saturated heterocycles. The normalized spacial score (nSPS) is 19.2. The molecule has 6 nitrogen and oxygen atoms in total. The molecule has 0 aromatic carbocycles. The molecule has 6 heteroatoms. The van der Waals surface area contributed by atoms with E-state index >= 15 is 0 Å². The van der Waals surface area contributed by atoms with Crippen molar-refractivity contribution in [2.24, 2.45) is 5.92 Å². The van der Waals surface area contributed by atoms with Crippen molar-refractivity contribution in [2.45, 2.75) is 26.8 Å². The lowest BCUT2D eigenvalue weighted by atomic mass is 10.1. The highest BCUT2D eigenvalue weighted by Crippen LogP contribution is 2.16. The molecule has 0 radical (unpaired) electrons. The topological polar surface area (TPSA) is 73.7 Å². The van der Waals surface area contributed by atoms with Crippen LogP contribution in [-0.2, 0) is 4.79 Å². The van der Waals surface area contributed by atoms with Crippen molar-refractivity contribution in [3.63, 3.8) is 0 Å². The van der Waals surface area contributed by atoms with Gasteiger partial charge in [0.05, 0.1) is 6.20 Å². The number of amides is 2. The Bertz CT molecular complexity index is 527. The minimum absolute atomic E-state index is 0.0115. The summed E-state index contributed by atoms with van der Waals surface area (Å²) in [5, 5.41) is 9.21. The third-order valence-corrected chi connectivity index (χ3v) is 3.56. The molecule has 0 spiro atoms. The third kappa shape index (κ3) is 3.32. The quantitative estimate of drug-likeness (QED) is 0.905. The Morgan fingerprint density at radius 3 is 2.71 bits per heavy atom. The van der Waals surface area contributed by atoms with E-state index in [2.05, 4.69) is 18.8 Å². The Balaban J connectivity index is 2.10. The maximum Gasteiger partial charge on any atom is 0.273 e. The SMILES string of the molecule is CC(C)CN1CCN(C(=O)c2ccc(O)cn2)[C@H](C)C1=O. The molecule has 21 heavy (non-hydrogen) atoms. The number of pyridine rings is 1. The number of carbonyl (C=O) groups is 2. The second kappa shape index (κ2) is 6.11. The van der Waals surface area contributed by atoms with Gasteiger partial charge in [0.15, 0.2) is 0 Å². The van der Waals surface area contributed by atoms with Crippen LogP contribution in [0.4, 0.5) is 0 Å². The van der Waals surface area contributed by atoms with Gasteiger partial charge in [0.25, 0.3) is 5.91 Å². The number of piperazine rings is 1. The largest absolute Gasteiger partial charge is 0.506 e. The van der Waals surface area contributed by atoms with Gasteiger partial charge in [-0.25, -0.2) is 4.98 Å². The molecule has 1 N–H and O–H groups in total. The van der Waals surface area contributed by atoms with Crippen LogP contribution < -0.4 is 0 Å². The first-order valence-corrected chi connectivity index (χ1v) is 7.15. The summed E-state index contributed by atoms with van der Waals surface area (Å²) >= 11 is 0. The van der Waals surface area contributed by atoms with Gasteiger partial charge >= 0.3 is 0 Å². The van der Waals surface area contributed by atoms with Crippen molar-refractivity contribution >= 4 is 11.8 Å². The van der Waals surface area contributed by atoms with Crippen LogP contribution in [0.1, 0.15) is 31.3 Å². The van der Waals surface area contributed by atoms with Crippen LogP contribution in [0.2, 0.25) is 0 Å². The first kappa shape index (κ1) is 15.3. The van der Waals surface area contributed by atoms with E-state index in [9.17, 15) is 14.7 Å². The van der Waals surface area contributed by atoms with Gasteiger partial charge in [-0.05, 0) is 25.0 Å². The lowest BCUT2D eigenvalue weighted by Crippen LogP contribution is -2.58. The number of hydrogen-bond donors (Lipinski definition) is 1. The van der Waals surface area contributed by atoms with Gasteiger partial charge in [-0.15, -0.1) is 0 Å².